The fraction of sp³-hybridized carbons (Fsp3) is 0.370. The summed E-state index contributed by atoms with van der Waals surface area (Å²) < 4.78 is 15.2. The molecule has 0 unspecified atom stereocenters. The number of unbranched alkanes of at least 4 members (excludes halogenated alkanes) is 1. The van der Waals surface area contributed by atoms with Crippen LogP contribution in [-0.2, 0) is 10.2 Å². The molecule has 7 nitrogen and oxygen atoms in total. The number of benzene rings is 2. The standard InChI is InChI=1S/C27H34FN5O2/c1-6-7-15-32(26(35)29-21-10-8-9-20(28)16-21)18-25(34)30-24-17-23(27(3,4)5)31-33(24)22-13-11-19(2)12-14-22/h8-14,16-17H,6-7,15,18H2,1-5H3,(H,29,35)(H,30,34). The summed E-state index contributed by atoms with van der Waals surface area (Å²) in [6.07, 6.45) is 1.60. The summed E-state index contributed by atoms with van der Waals surface area (Å²) in [5, 5.41) is 10.3. The number of halogens is 1. The van der Waals surface area contributed by atoms with E-state index in [0.717, 1.165) is 29.8 Å². The number of hydrogen-bond acceptors (Lipinski definition) is 3. The number of carbonyl (C=O) groups excluding carboxylic acids is 2. The zero-order valence-corrected chi connectivity index (χ0v) is 21.1. The number of aryl methyl sites for hydroxylation is 1. The van der Waals surface area contributed by atoms with Gasteiger partial charge in [-0.15, -0.1) is 0 Å². The Kier molecular flexibility index (Phi) is 8.27. The van der Waals surface area contributed by atoms with Crippen LogP contribution in [0.5, 0.6) is 0 Å². The first-order valence-electron chi connectivity index (χ1n) is 11.9. The lowest BCUT2D eigenvalue weighted by Gasteiger charge is -2.22. The van der Waals surface area contributed by atoms with E-state index in [1.54, 1.807) is 10.7 Å². The molecular weight excluding hydrogens is 445 g/mol. The van der Waals surface area contributed by atoms with E-state index >= 15 is 0 Å². The molecule has 1 heterocycles. The Morgan fingerprint density at radius 2 is 1.77 bits per heavy atom. The predicted octanol–water partition coefficient (Wildman–Crippen LogP) is 5.89. The zero-order valence-electron chi connectivity index (χ0n) is 21.1. The van der Waals surface area contributed by atoms with Gasteiger partial charge < -0.3 is 15.5 Å². The monoisotopic (exact) mass is 479 g/mol. The van der Waals surface area contributed by atoms with Crippen molar-refractivity contribution < 1.29 is 14.0 Å². The van der Waals surface area contributed by atoms with Gasteiger partial charge >= 0.3 is 6.03 Å². The third-order valence-electron chi connectivity index (χ3n) is 5.50. The quantitative estimate of drug-likeness (QED) is 0.423. The first-order chi connectivity index (χ1) is 16.6. The fourth-order valence-electron chi connectivity index (χ4n) is 3.45. The molecule has 0 saturated heterocycles. The van der Waals surface area contributed by atoms with Crippen LogP contribution in [0.1, 0.15) is 51.8 Å². The van der Waals surface area contributed by atoms with Crippen LogP contribution in [0.25, 0.3) is 5.69 Å². The van der Waals surface area contributed by atoms with Gasteiger partial charge in [0, 0.05) is 23.7 Å². The van der Waals surface area contributed by atoms with E-state index < -0.39 is 11.8 Å². The summed E-state index contributed by atoms with van der Waals surface area (Å²) in [4.78, 5) is 27.4. The van der Waals surface area contributed by atoms with Crippen molar-refractivity contribution in [2.75, 3.05) is 23.7 Å². The first-order valence-corrected chi connectivity index (χ1v) is 11.9. The number of amides is 3. The number of nitrogens with one attached hydrogen (secondary N) is 2. The third kappa shape index (κ3) is 7.15. The maximum Gasteiger partial charge on any atom is 0.322 e. The molecule has 0 spiro atoms. The minimum Gasteiger partial charge on any atom is -0.315 e. The van der Waals surface area contributed by atoms with Crippen LogP contribution in [0.15, 0.2) is 54.6 Å². The van der Waals surface area contributed by atoms with Gasteiger partial charge in [-0.05, 0) is 43.7 Å². The van der Waals surface area contributed by atoms with Crippen LogP contribution in [0.2, 0.25) is 0 Å². The molecule has 0 aliphatic carbocycles. The van der Waals surface area contributed by atoms with Gasteiger partial charge in [0.25, 0.3) is 0 Å². The second kappa shape index (κ2) is 11.2. The highest BCUT2D eigenvalue weighted by atomic mass is 19.1. The van der Waals surface area contributed by atoms with E-state index in [-0.39, 0.29) is 17.9 Å². The molecule has 0 bridgehead atoms. The Balaban J connectivity index is 1.80. The van der Waals surface area contributed by atoms with Crippen molar-refractivity contribution in [3.05, 3.63) is 71.7 Å². The Labute approximate surface area is 206 Å². The third-order valence-corrected chi connectivity index (χ3v) is 5.50. The highest BCUT2D eigenvalue weighted by Gasteiger charge is 2.23. The molecule has 2 aromatic carbocycles. The normalized spacial score (nSPS) is 11.3. The van der Waals surface area contributed by atoms with Crippen molar-refractivity contribution in [3.63, 3.8) is 0 Å². The number of aromatic nitrogens is 2. The van der Waals surface area contributed by atoms with Gasteiger partial charge in [-0.1, -0.05) is 57.9 Å². The molecule has 0 fully saturated rings. The van der Waals surface area contributed by atoms with Crippen LogP contribution in [-0.4, -0.2) is 39.7 Å². The van der Waals surface area contributed by atoms with E-state index in [4.69, 9.17) is 5.10 Å². The van der Waals surface area contributed by atoms with Gasteiger partial charge in [0.1, 0.15) is 18.2 Å². The van der Waals surface area contributed by atoms with Crippen LogP contribution < -0.4 is 10.6 Å². The minimum atomic E-state index is -0.457. The largest absolute Gasteiger partial charge is 0.322 e. The summed E-state index contributed by atoms with van der Waals surface area (Å²) in [6.45, 7) is 10.4. The Morgan fingerprint density at radius 3 is 2.40 bits per heavy atom. The van der Waals surface area contributed by atoms with Gasteiger partial charge in [0.2, 0.25) is 5.91 Å². The molecule has 2 N–H and O–H groups in total. The lowest BCUT2D eigenvalue weighted by Crippen LogP contribution is -2.41. The number of anilines is 2. The van der Waals surface area contributed by atoms with E-state index in [0.29, 0.717) is 18.1 Å². The Bertz CT molecular complexity index is 1170. The predicted molar refractivity (Wildman–Crippen MR) is 138 cm³/mol. The van der Waals surface area contributed by atoms with Gasteiger partial charge in [-0.3, -0.25) is 4.79 Å². The topological polar surface area (TPSA) is 79.3 Å². The number of nitrogens with zero attached hydrogens (tertiary/aromatic N) is 3. The second-order valence-corrected chi connectivity index (χ2v) is 9.68. The molecule has 0 aliphatic heterocycles. The molecule has 0 saturated carbocycles. The van der Waals surface area contributed by atoms with Gasteiger partial charge in [-0.2, -0.15) is 5.10 Å². The molecule has 3 aromatic rings. The van der Waals surface area contributed by atoms with Gasteiger partial charge in [0.15, 0.2) is 0 Å². The van der Waals surface area contributed by atoms with Gasteiger partial charge in [-0.25, -0.2) is 13.9 Å². The van der Waals surface area contributed by atoms with Crippen molar-refractivity contribution in [1.82, 2.24) is 14.7 Å². The average molecular weight is 480 g/mol. The molecule has 1 aromatic heterocycles. The number of rotatable bonds is 8. The molecule has 3 rings (SSSR count). The molecular formula is C27H34FN5O2. The summed E-state index contributed by atoms with van der Waals surface area (Å²) in [5.41, 5.74) is 2.91. The summed E-state index contributed by atoms with van der Waals surface area (Å²) in [5.74, 6) is -0.256. The molecule has 0 aliphatic rings. The van der Waals surface area contributed by atoms with E-state index in [1.165, 1.54) is 23.1 Å². The summed E-state index contributed by atoms with van der Waals surface area (Å²) >= 11 is 0. The summed E-state index contributed by atoms with van der Waals surface area (Å²) in [7, 11) is 0. The van der Waals surface area contributed by atoms with Crippen molar-refractivity contribution in [3.8, 4) is 5.69 Å². The second-order valence-electron chi connectivity index (χ2n) is 9.68. The lowest BCUT2D eigenvalue weighted by molar-refractivity contribution is -0.116. The highest BCUT2D eigenvalue weighted by Crippen LogP contribution is 2.26. The first kappa shape index (κ1) is 25.9. The molecule has 186 valence electrons. The van der Waals surface area contributed by atoms with Crippen molar-refractivity contribution in [2.45, 2.75) is 52.9 Å². The smallest absolute Gasteiger partial charge is 0.315 e. The van der Waals surface area contributed by atoms with E-state index in [9.17, 15) is 14.0 Å². The van der Waals surface area contributed by atoms with Crippen LogP contribution in [0, 0.1) is 12.7 Å². The zero-order chi connectivity index (χ0) is 25.6. The lowest BCUT2D eigenvalue weighted by atomic mass is 9.92. The summed E-state index contributed by atoms with van der Waals surface area (Å²) in [6, 6.07) is 15.0. The fourth-order valence-corrected chi connectivity index (χ4v) is 3.45. The van der Waals surface area contributed by atoms with Crippen LogP contribution >= 0.6 is 0 Å². The number of hydrogen-bond donors (Lipinski definition) is 2. The molecule has 0 atom stereocenters. The maximum atomic E-state index is 13.5. The van der Waals surface area contributed by atoms with E-state index in [2.05, 4.69) is 31.4 Å². The van der Waals surface area contributed by atoms with Crippen LogP contribution in [0.4, 0.5) is 20.7 Å². The Morgan fingerprint density at radius 1 is 1.06 bits per heavy atom. The maximum absolute atomic E-state index is 13.5. The van der Waals surface area contributed by atoms with Crippen molar-refractivity contribution >= 4 is 23.4 Å². The van der Waals surface area contributed by atoms with Crippen molar-refractivity contribution in [1.29, 1.82) is 0 Å². The molecule has 35 heavy (non-hydrogen) atoms. The Hall–Kier alpha value is -3.68. The minimum absolute atomic E-state index is 0.148. The number of urea groups is 1. The molecule has 0 radical (unpaired) electrons. The molecule has 3 amide bonds. The van der Waals surface area contributed by atoms with E-state index in [1.807, 2.05) is 44.2 Å². The van der Waals surface area contributed by atoms with Gasteiger partial charge in [0.05, 0.1) is 11.4 Å². The van der Waals surface area contributed by atoms with Crippen LogP contribution in [0.3, 0.4) is 0 Å². The van der Waals surface area contributed by atoms with Crippen molar-refractivity contribution in [2.24, 2.45) is 0 Å². The SMILES string of the molecule is CCCCN(CC(=O)Nc1cc(C(C)(C)C)nn1-c1ccc(C)cc1)C(=O)Nc1cccc(F)c1. The molecule has 8 heteroatoms. The highest BCUT2D eigenvalue weighted by molar-refractivity contribution is 5.96. The average Bonchev–Trinajstić information content (AvgIpc) is 3.21. The number of carbonyl (C=O) groups is 2.